The van der Waals surface area contributed by atoms with E-state index in [1.807, 2.05) is 13.2 Å². The summed E-state index contributed by atoms with van der Waals surface area (Å²) in [5.41, 5.74) is 7.12. The number of aromatic amines is 1. The van der Waals surface area contributed by atoms with Crippen LogP contribution in [-0.4, -0.2) is 25.0 Å². The summed E-state index contributed by atoms with van der Waals surface area (Å²) < 4.78 is 1.74. The molecule has 0 amide bonds. The lowest BCUT2D eigenvalue weighted by atomic mass is 9.89. The molecule has 6 heteroatoms. The number of hydrogen-bond acceptors (Lipinski definition) is 4. The molecule has 1 fully saturated rings. The van der Waals surface area contributed by atoms with Crippen LogP contribution in [0.15, 0.2) is 12.4 Å². The minimum absolute atomic E-state index is 0.303. The Morgan fingerprint density at radius 1 is 1.37 bits per heavy atom. The molecular weight excluding hydrogens is 240 g/mol. The summed E-state index contributed by atoms with van der Waals surface area (Å²) in [5, 5.41) is 11.5. The molecule has 2 heterocycles. The van der Waals surface area contributed by atoms with Gasteiger partial charge < -0.3 is 5.73 Å². The zero-order chi connectivity index (χ0) is 13.2. The van der Waals surface area contributed by atoms with Gasteiger partial charge in [0.1, 0.15) is 5.82 Å². The van der Waals surface area contributed by atoms with Crippen molar-refractivity contribution in [1.82, 2.24) is 25.0 Å². The van der Waals surface area contributed by atoms with Gasteiger partial charge >= 0.3 is 0 Å². The van der Waals surface area contributed by atoms with Gasteiger partial charge in [-0.15, -0.1) is 0 Å². The standard InChI is InChI=1S/C13H20N6/c1-19-8-10(7-15-19)11(14)13-16-12(17-18-13)9-5-3-2-4-6-9/h7-9,11H,2-6,14H2,1H3,(H,16,17,18). The van der Waals surface area contributed by atoms with E-state index in [0.717, 1.165) is 11.4 Å². The van der Waals surface area contributed by atoms with Gasteiger partial charge in [-0.25, -0.2) is 4.98 Å². The number of nitrogens with zero attached hydrogens (tertiary/aromatic N) is 4. The van der Waals surface area contributed by atoms with E-state index in [1.54, 1.807) is 10.9 Å². The third kappa shape index (κ3) is 2.53. The third-order valence-corrected chi connectivity index (χ3v) is 3.87. The predicted octanol–water partition coefficient (Wildman–Crippen LogP) is 1.63. The van der Waals surface area contributed by atoms with Gasteiger partial charge in [0, 0.05) is 24.7 Å². The van der Waals surface area contributed by atoms with Gasteiger partial charge in [0.05, 0.1) is 12.2 Å². The first-order valence-electron chi connectivity index (χ1n) is 6.90. The summed E-state index contributed by atoms with van der Waals surface area (Å²) >= 11 is 0. The Morgan fingerprint density at radius 2 is 2.16 bits per heavy atom. The van der Waals surface area contributed by atoms with Crippen molar-refractivity contribution >= 4 is 0 Å². The molecule has 1 aliphatic rings. The molecule has 0 radical (unpaired) electrons. The Hall–Kier alpha value is -1.69. The number of H-pyrrole nitrogens is 1. The molecule has 0 spiro atoms. The minimum atomic E-state index is -0.303. The summed E-state index contributed by atoms with van der Waals surface area (Å²) in [5.74, 6) is 2.18. The van der Waals surface area contributed by atoms with E-state index in [1.165, 1.54) is 32.1 Å². The van der Waals surface area contributed by atoms with E-state index in [4.69, 9.17) is 5.73 Å². The molecule has 2 aromatic rings. The van der Waals surface area contributed by atoms with E-state index < -0.39 is 0 Å². The van der Waals surface area contributed by atoms with Crippen LogP contribution >= 0.6 is 0 Å². The number of nitrogens with one attached hydrogen (secondary N) is 1. The van der Waals surface area contributed by atoms with Gasteiger partial charge in [-0.1, -0.05) is 19.3 Å². The third-order valence-electron chi connectivity index (χ3n) is 3.87. The van der Waals surface area contributed by atoms with Crippen molar-refractivity contribution in [2.75, 3.05) is 0 Å². The second-order valence-electron chi connectivity index (χ2n) is 5.34. The Balaban J connectivity index is 1.76. The largest absolute Gasteiger partial charge is 0.317 e. The molecule has 102 valence electrons. The molecule has 1 unspecified atom stereocenters. The zero-order valence-corrected chi connectivity index (χ0v) is 11.2. The maximum absolute atomic E-state index is 6.17. The van der Waals surface area contributed by atoms with Gasteiger partial charge in [0.15, 0.2) is 5.82 Å². The predicted molar refractivity (Wildman–Crippen MR) is 71.4 cm³/mol. The van der Waals surface area contributed by atoms with Crippen LogP contribution in [0.5, 0.6) is 0 Å². The quantitative estimate of drug-likeness (QED) is 0.878. The first kappa shape index (κ1) is 12.3. The second kappa shape index (κ2) is 5.13. The molecule has 6 nitrogen and oxygen atoms in total. The fraction of sp³-hybridized carbons (Fsp3) is 0.615. The molecule has 2 aromatic heterocycles. The van der Waals surface area contributed by atoms with E-state index >= 15 is 0 Å². The molecule has 0 aliphatic heterocycles. The van der Waals surface area contributed by atoms with Crippen molar-refractivity contribution in [2.45, 2.75) is 44.1 Å². The number of aromatic nitrogens is 5. The maximum Gasteiger partial charge on any atom is 0.171 e. The van der Waals surface area contributed by atoms with Crippen LogP contribution in [0, 0.1) is 0 Å². The number of aryl methyl sites for hydroxylation is 1. The summed E-state index contributed by atoms with van der Waals surface area (Å²) in [7, 11) is 1.88. The molecule has 1 atom stereocenters. The van der Waals surface area contributed by atoms with E-state index in [-0.39, 0.29) is 6.04 Å². The van der Waals surface area contributed by atoms with Crippen LogP contribution in [0.1, 0.15) is 61.3 Å². The van der Waals surface area contributed by atoms with Crippen LogP contribution in [0.4, 0.5) is 0 Å². The zero-order valence-electron chi connectivity index (χ0n) is 11.2. The Bertz CT molecular complexity index is 537. The lowest BCUT2D eigenvalue weighted by Gasteiger charge is -2.18. The maximum atomic E-state index is 6.17. The highest BCUT2D eigenvalue weighted by Gasteiger charge is 2.21. The van der Waals surface area contributed by atoms with Crippen LogP contribution in [0.3, 0.4) is 0 Å². The molecule has 1 saturated carbocycles. The lowest BCUT2D eigenvalue weighted by molar-refractivity contribution is 0.429. The van der Waals surface area contributed by atoms with Crippen LogP contribution in [0.2, 0.25) is 0 Å². The number of rotatable bonds is 3. The highest BCUT2D eigenvalue weighted by atomic mass is 15.3. The summed E-state index contributed by atoms with van der Waals surface area (Å²) in [6, 6.07) is -0.303. The van der Waals surface area contributed by atoms with Crippen LogP contribution in [-0.2, 0) is 7.05 Å². The topological polar surface area (TPSA) is 85.4 Å². The molecular formula is C13H20N6. The first-order chi connectivity index (χ1) is 9.24. The Labute approximate surface area is 112 Å². The number of nitrogens with two attached hydrogens (primary N) is 1. The molecule has 3 rings (SSSR count). The van der Waals surface area contributed by atoms with Crippen LogP contribution in [0.25, 0.3) is 0 Å². The number of hydrogen-bond donors (Lipinski definition) is 2. The minimum Gasteiger partial charge on any atom is -0.317 e. The SMILES string of the molecule is Cn1cc(C(N)c2n[nH]c(C3CCCCC3)n2)cn1. The molecule has 0 bridgehead atoms. The summed E-state index contributed by atoms with van der Waals surface area (Å²) in [6.07, 6.45) is 9.99. The molecule has 0 saturated heterocycles. The molecule has 19 heavy (non-hydrogen) atoms. The second-order valence-corrected chi connectivity index (χ2v) is 5.34. The molecule has 0 aromatic carbocycles. The fourth-order valence-electron chi connectivity index (χ4n) is 2.74. The van der Waals surface area contributed by atoms with Gasteiger partial charge in [-0.3, -0.25) is 9.78 Å². The molecule has 3 N–H and O–H groups in total. The Kier molecular flexibility index (Phi) is 3.33. The van der Waals surface area contributed by atoms with Crippen molar-refractivity contribution in [3.05, 3.63) is 29.6 Å². The van der Waals surface area contributed by atoms with Crippen molar-refractivity contribution < 1.29 is 0 Å². The normalized spacial score (nSPS) is 18.6. The average Bonchev–Trinajstić information content (AvgIpc) is 3.08. The van der Waals surface area contributed by atoms with Crippen molar-refractivity contribution in [3.8, 4) is 0 Å². The van der Waals surface area contributed by atoms with Crippen molar-refractivity contribution in [2.24, 2.45) is 12.8 Å². The fourth-order valence-corrected chi connectivity index (χ4v) is 2.74. The van der Waals surface area contributed by atoms with Gasteiger partial charge in [0.2, 0.25) is 0 Å². The van der Waals surface area contributed by atoms with Gasteiger partial charge in [-0.2, -0.15) is 10.2 Å². The average molecular weight is 260 g/mol. The molecule has 1 aliphatic carbocycles. The van der Waals surface area contributed by atoms with E-state index in [2.05, 4.69) is 20.3 Å². The van der Waals surface area contributed by atoms with E-state index in [9.17, 15) is 0 Å². The van der Waals surface area contributed by atoms with E-state index in [0.29, 0.717) is 11.7 Å². The summed E-state index contributed by atoms with van der Waals surface area (Å²) in [6.45, 7) is 0. The first-order valence-corrected chi connectivity index (χ1v) is 6.90. The van der Waals surface area contributed by atoms with Crippen molar-refractivity contribution in [3.63, 3.8) is 0 Å². The monoisotopic (exact) mass is 260 g/mol. The lowest BCUT2D eigenvalue weighted by Crippen LogP contribution is -2.13. The van der Waals surface area contributed by atoms with Gasteiger partial charge in [0.25, 0.3) is 0 Å². The highest BCUT2D eigenvalue weighted by molar-refractivity contribution is 5.18. The van der Waals surface area contributed by atoms with Crippen LogP contribution < -0.4 is 5.73 Å². The smallest absolute Gasteiger partial charge is 0.171 e. The summed E-state index contributed by atoms with van der Waals surface area (Å²) in [4.78, 5) is 4.59. The van der Waals surface area contributed by atoms with Gasteiger partial charge in [-0.05, 0) is 12.8 Å². The highest BCUT2D eigenvalue weighted by Crippen LogP contribution is 2.31. The van der Waals surface area contributed by atoms with Crippen molar-refractivity contribution in [1.29, 1.82) is 0 Å². The Morgan fingerprint density at radius 3 is 2.84 bits per heavy atom.